The van der Waals surface area contributed by atoms with Gasteiger partial charge in [-0.25, -0.2) is 0 Å². The normalized spacial score (nSPS) is 19.4. The van der Waals surface area contributed by atoms with Crippen molar-refractivity contribution in [2.45, 2.75) is 19.3 Å². The standard InChI is InChI=1S/C16H19N3/c1-2-8-18-15(5-1)12-14-4-3-11-19(13-14)16-6-9-17-10-7-16/h1-2,5-10,14H,3-4,11-13H2/t14-/m1/s1. The Kier molecular flexibility index (Phi) is 3.73. The molecule has 0 bridgehead atoms. The highest BCUT2D eigenvalue weighted by molar-refractivity contribution is 5.44. The van der Waals surface area contributed by atoms with Crippen molar-refractivity contribution < 1.29 is 0 Å². The summed E-state index contributed by atoms with van der Waals surface area (Å²) >= 11 is 0. The topological polar surface area (TPSA) is 29.0 Å². The predicted molar refractivity (Wildman–Crippen MR) is 77.1 cm³/mol. The average Bonchev–Trinajstić information content (AvgIpc) is 2.49. The van der Waals surface area contributed by atoms with E-state index < -0.39 is 0 Å². The van der Waals surface area contributed by atoms with E-state index in [0.717, 1.165) is 19.5 Å². The van der Waals surface area contributed by atoms with Crippen molar-refractivity contribution >= 4 is 5.69 Å². The zero-order valence-corrected chi connectivity index (χ0v) is 11.1. The van der Waals surface area contributed by atoms with Gasteiger partial charge in [-0.05, 0) is 49.4 Å². The Morgan fingerprint density at radius 1 is 1.11 bits per heavy atom. The quantitative estimate of drug-likeness (QED) is 0.842. The number of nitrogens with zero attached hydrogens (tertiary/aromatic N) is 3. The molecule has 3 rings (SSSR count). The van der Waals surface area contributed by atoms with Crippen molar-refractivity contribution in [2.75, 3.05) is 18.0 Å². The van der Waals surface area contributed by atoms with Crippen molar-refractivity contribution in [1.29, 1.82) is 0 Å². The van der Waals surface area contributed by atoms with E-state index in [4.69, 9.17) is 0 Å². The fourth-order valence-corrected chi connectivity index (χ4v) is 2.84. The maximum absolute atomic E-state index is 4.44. The third-order valence-electron chi connectivity index (χ3n) is 3.77. The van der Waals surface area contributed by atoms with Crippen LogP contribution in [0.5, 0.6) is 0 Å². The Bertz CT molecular complexity index is 498. The third-order valence-corrected chi connectivity index (χ3v) is 3.77. The molecule has 1 atom stereocenters. The van der Waals surface area contributed by atoms with Gasteiger partial charge in [0.15, 0.2) is 0 Å². The highest BCUT2D eigenvalue weighted by Crippen LogP contribution is 2.24. The van der Waals surface area contributed by atoms with Gasteiger partial charge in [-0.15, -0.1) is 0 Å². The molecule has 0 saturated carbocycles. The van der Waals surface area contributed by atoms with Crippen LogP contribution in [0.3, 0.4) is 0 Å². The van der Waals surface area contributed by atoms with Crippen molar-refractivity contribution in [3.8, 4) is 0 Å². The molecule has 0 radical (unpaired) electrons. The van der Waals surface area contributed by atoms with E-state index in [1.165, 1.54) is 24.2 Å². The van der Waals surface area contributed by atoms with E-state index in [1.54, 1.807) is 0 Å². The van der Waals surface area contributed by atoms with Gasteiger partial charge in [0.05, 0.1) is 0 Å². The minimum Gasteiger partial charge on any atom is -0.371 e. The lowest BCUT2D eigenvalue weighted by Crippen LogP contribution is -2.36. The molecule has 3 nitrogen and oxygen atoms in total. The predicted octanol–water partition coefficient (Wildman–Crippen LogP) is 2.94. The number of piperidine rings is 1. The first-order valence-corrected chi connectivity index (χ1v) is 6.97. The molecule has 1 aliphatic heterocycles. The van der Waals surface area contributed by atoms with E-state index in [2.05, 4.69) is 39.1 Å². The van der Waals surface area contributed by atoms with E-state index in [1.807, 2.05) is 24.7 Å². The Labute approximate surface area is 114 Å². The van der Waals surface area contributed by atoms with Crippen molar-refractivity contribution in [3.05, 3.63) is 54.6 Å². The Balaban J connectivity index is 1.65. The highest BCUT2D eigenvalue weighted by atomic mass is 15.1. The summed E-state index contributed by atoms with van der Waals surface area (Å²) in [5, 5.41) is 0. The lowest BCUT2D eigenvalue weighted by Gasteiger charge is -2.34. The second-order valence-electron chi connectivity index (χ2n) is 5.18. The molecule has 19 heavy (non-hydrogen) atoms. The molecular formula is C16H19N3. The van der Waals surface area contributed by atoms with Gasteiger partial charge in [0, 0.05) is 43.1 Å². The molecule has 0 unspecified atom stereocenters. The first kappa shape index (κ1) is 12.2. The summed E-state index contributed by atoms with van der Waals surface area (Å²) in [6, 6.07) is 10.4. The zero-order valence-electron chi connectivity index (χ0n) is 11.1. The van der Waals surface area contributed by atoms with E-state index in [9.17, 15) is 0 Å². The Morgan fingerprint density at radius 2 is 2.00 bits per heavy atom. The van der Waals surface area contributed by atoms with Crippen molar-refractivity contribution in [3.63, 3.8) is 0 Å². The van der Waals surface area contributed by atoms with Crippen LogP contribution < -0.4 is 4.90 Å². The van der Waals surface area contributed by atoms with Crippen LogP contribution in [0.25, 0.3) is 0 Å². The van der Waals surface area contributed by atoms with E-state index in [-0.39, 0.29) is 0 Å². The number of anilines is 1. The highest BCUT2D eigenvalue weighted by Gasteiger charge is 2.20. The molecular weight excluding hydrogens is 234 g/mol. The SMILES string of the molecule is c1ccc(C[C@H]2CCCN(c3ccncc3)C2)nc1. The van der Waals surface area contributed by atoms with Crippen LogP contribution in [0.1, 0.15) is 18.5 Å². The van der Waals surface area contributed by atoms with Gasteiger partial charge in [0.1, 0.15) is 0 Å². The molecule has 1 fully saturated rings. The smallest absolute Gasteiger partial charge is 0.0407 e. The summed E-state index contributed by atoms with van der Waals surface area (Å²) in [5.41, 5.74) is 2.50. The minimum absolute atomic E-state index is 0.705. The first-order chi connectivity index (χ1) is 9.42. The molecule has 98 valence electrons. The van der Waals surface area contributed by atoms with Gasteiger partial charge < -0.3 is 4.90 Å². The minimum atomic E-state index is 0.705. The van der Waals surface area contributed by atoms with Gasteiger partial charge in [-0.1, -0.05) is 6.07 Å². The van der Waals surface area contributed by atoms with E-state index >= 15 is 0 Å². The number of hydrogen-bond acceptors (Lipinski definition) is 3. The Hall–Kier alpha value is -1.90. The molecule has 0 N–H and O–H groups in total. The van der Waals surface area contributed by atoms with Gasteiger partial charge in [0.2, 0.25) is 0 Å². The molecule has 0 amide bonds. The van der Waals surface area contributed by atoms with Gasteiger partial charge in [-0.3, -0.25) is 9.97 Å². The summed E-state index contributed by atoms with van der Waals surface area (Å²) in [7, 11) is 0. The fraction of sp³-hybridized carbons (Fsp3) is 0.375. The Morgan fingerprint density at radius 3 is 2.79 bits per heavy atom. The van der Waals surface area contributed by atoms with Crippen LogP contribution in [0.15, 0.2) is 48.9 Å². The summed E-state index contributed by atoms with van der Waals surface area (Å²) in [6.45, 7) is 2.28. The number of aromatic nitrogens is 2. The van der Waals surface area contributed by atoms with Crippen LogP contribution in [0.4, 0.5) is 5.69 Å². The maximum atomic E-state index is 4.44. The third kappa shape index (κ3) is 3.11. The first-order valence-electron chi connectivity index (χ1n) is 6.97. The maximum Gasteiger partial charge on any atom is 0.0407 e. The number of pyridine rings is 2. The molecule has 0 aliphatic carbocycles. The zero-order chi connectivity index (χ0) is 12.9. The number of hydrogen-bond donors (Lipinski definition) is 0. The van der Waals surface area contributed by atoms with Crippen molar-refractivity contribution in [2.24, 2.45) is 5.92 Å². The molecule has 2 aromatic heterocycles. The van der Waals surface area contributed by atoms with Gasteiger partial charge in [-0.2, -0.15) is 0 Å². The average molecular weight is 253 g/mol. The van der Waals surface area contributed by atoms with E-state index in [0.29, 0.717) is 5.92 Å². The lowest BCUT2D eigenvalue weighted by atomic mass is 9.93. The summed E-state index contributed by atoms with van der Waals surface area (Å²) in [6.07, 6.45) is 9.29. The van der Waals surface area contributed by atoms with Crippen LogP contribution >= 0.6 is 0 Å². The monoisotopic (exact) mass is 253 g/mol. The van der Waals surface area contributed by atoms with Crippen molar-refractivity contribution in [1.82, 2.24) is 9.97 Å². The molecule has 0 spiro atoms. The second-order valence-corrected chi connectivity index (χ2v) is 5.18. The molecule has 3 heteroatoms. The summed E-state index contributed by atoms with van der Waals surface area (Å²) < 4.78 is 0. The second kappa shape index (κ2) is 5.83. The molecule has 3 heterocycles. The fourth-order valence-electron chi connectivity index (χ4n) is 2.84. The van der Waals surface area contributed by atoms with Crippen LogP contribution in [-0.2, 0) is 6.42 Å². The molecule has 2 aromatic rings. The molecule has 0 aromatic carbocycles. The van der Waals surface area contributed by atoms with Gasteiger partial charge >= 0.3 is 0 Å². The summed E-state index contributed by atoms with van der Waals surface area (Å²) in [5.74, 6) is 0.705. The number of rotatable bonds is 3. The summed E-state index contributed by atoms with van der Waals surface area (Å²) in [4.78, 5) is 11.0. The largest absolute Gasteiger partial charge is 0.371 e. The lowest BCUT2D eigenvalue weighted by molar-refractivity contribution is 0.410. The van der Waals surface area contributed by atoms with Crippen LogP contribution in [-0.4, -0.2) is 23.1 Å². The van der Waals surface area contributed by atoms with Crippen LogP contribution in [0, 0.1) is 5.92 Å². The molecule has 1 saturated heterocycles. The van der Waals surface area contributed by atoms with Crippen LogP contribution in [0.2, 0.25) is 0 Å². The van der Waals surface area contributed by atoms with Gasteiger partial charge in [0.25, 0.3) is 0 Å². The molecule has 1 aliphatic rings.